The molecule has 1 saturated heterocycles. The van der Waals surface area contributed by atoms with Gasteiger partial charge in [-0.1, -0.05) is 6.07 Å². The van der Waals surface area contributed by atoms with E-state index in [0.717, 1.165) is 0 Å². The van der Waals surface area contributed by atoms with Gasteiger partial charge in [-0.25, -0.2) is 9.59 Å². The molecule has 1 heterocycles. The monoisotopic (exact) mass is 348 g/mol. The number of urea groups is 1. The van der Waals surface area contributed by atoms with Gasteiger partial charge in [-0.3, -0.25) is 20.2 Å². The fourth-order valence-corrected chi connectivity index (χ4v) is 2.01. The van der Waals surface area contributed by atoms with Crippen molar-refractivity contribution < 1.29 is 33.4 Å². The van der Waals surface area contributed by atoms with Crippen molar-refractivity contribution in [1.29, 1.82) is 0 Å². The molecule has 0 aromatic heterocycles. The molecular formula is C16H16N2O7. The van der Waals surface area contributed by atoms with Crippen molar-refractivity contribution in [3.63, 3.8) is 0 Å². The summed E-state index contributed by atoms with van der Waals surface area (Å²) < 4.78 is 15.3. The number of rotatable bonds is 6. The molecule has 4 amide bonds. The Balaban J connectivity index is 2.19. The lowest BCUT2D eigenvalue weighted by atomic mass is 10.1. The lowest BCUT2D eigenvalue weighted by molar-refractivity contribution is -0.145. The Hall–Kier alpha value is -3.36. The fraction of sp³-hybridized carbons (Fsp3) is 0.250. The largest absolute Gasteiger partial charge is 0.493 e. The average Bonchev–Trinajstić information content (AvgIpc) is 2.56. The summed E-state index contributed by atoms with van der Waals surface area (Å²) in [7, 11) is 1.40. The number of hydrogen-bond acceptors (Lipinski definition) is 7. The molecule has 9 heteroatoms. The first-order valence-corrected chi connectivity index (χ1v) is 7.29. The number of carbonyl (C=O) groups is 4. The first kappa shape index (κ1) is 18.0. The summed E-state index contributed by atoms with van der Waals surface area (Å²) in [5.41, 5.74) is 0.247. The maximum absolute atomic E-state index is 11.7. The minimum absolute atomic E-state index is 0.221. The molecule has 0 spiro atoms. The van der Waals surface area contributed by atoms with E-state index in [1.54, 1.807) is 13.0 Å². The maximum atomic E-state index is 11.7. The third kappa shape index (κ3) is 4.56. The molecule has 1 fully saturated rings. The Kier molecular flexibility index (Phi) is 5.72. The second-order valence-electron chi connectivity index (χ2n) is 4.80. The van der Waals surface area contributed by atoms with Crippen LogP contribution in [-0.2, 0) is 19.1 Å². The Morgan fingerprint density at radius 1 is 1.12 bits per heavy atom. The number of imide groups is 2. The van der Waals surface area contributed by atoms with E-state index >= 15 is 0 Å². The number of hydrogen-bond donors (Lipinski definition) is 2. The molecule has 1 aromatic carbocycles. The zero-order valence-electron chi connectivity index (χ0n) is 13.6. The van der Waals surface area contributed by atoms with Crippen molar-refractivity contribution in [3.8, 4) is 11.5 Å². The summed E-state index contributed by atoms with van der Waals surface area (Å²) in [5.74, 6) is -1.52. The van der Waals surface area contributed by atoms with E-state index in [4.69, 9.17) is 14.2 Å². The Morgan fingerprint density at radius 3 is 2.40 bits per heavy atom. The molecule has 132 valence electrons. The first-order chi connectivity index (χ1) is 11.9. The highest BCUT2D eigenvalue weighted by Crippen LogP contribution is 2.29. The summed E-state index contributed by atoms with van der Waals surface area (Å²) in [6.07, 6.45) is 1.30. The maximum Gasteiger partial charge on any atom is 0.344 e. The number of ether oxygens (including phenoxy) is 3. The average molecular weight is 348 g/mol. The Bertz CT molecular complexity index is 733. The van der Waals surface area contributed by atoms with Crippen molar-refractivity contribution >= 4 is 29.9 Å². The van der Waals surface area contributed by atoms with Gasteiger partial charge >= 0.3 is 12.0 Å². The van der Waals surface area contributed by atoms with Crippen LogP contribution in [0.5, 0.6) is 11.5 Å². The zero-order valence-corrected chi connectivity index (χ0v) is 13.6. The van der Waals surface area contributed by atoms with Crippen LogP contribution in [0, 0.1) is 0 Å². The number of esters is 1. The number of amides is 4. The third-order valence-electron chi connectivity index (χ3n) is 3.09. The number of methoxy groups -OCH3 is 1. The van der Waals surface area contributed by atoms with Crippen LogP contribution in [0.2, 0.25) is 0 Å². The normalized spacial score (nSPS) is 13.7. The fourth-order valence-electron chi connectivity index (χ4n) is 2.01. The highest BCUT2D eigenvalue weighted by molar-refractivity contribution is 6.31. The first-order valence-electron chi connectivity index (χ1n) is 7.29. The summed E-state index contributed by atoms with van der Waals surface area (Å²) in [6, 6.07) is 3.73. The molecule has 1 aliphatic heterocycles. The molecule has 0 aliphatic carbocycles. The Labute approximate surface area is 142 Å². The van der Waals surface area contributed by atoms with Gasteiger partial charge in [0.2, 0.25) is 0 Å². The molecule has 0 atom stereocenters. The highest BCUT2D eigenvalue weighted by atomic mass is 16.6. The van der Waals surface area contributed by atoms with Crippen molar-refractivity contribution in [2.75, 3.05) is 20.3 Å². The van der Waals surface area contributed by atoms with E-state index in [9.17, 15) is 19.2 Å². The van der Waals surface area contributed by atoms with Crippen LogP contribution in [0.1, 0.15) is 12.5 Å². The minimum Gasteiger partial charge on any atom is -0.493 e. The van der Waals surface area contributed by atoms with Gasteiger partial charge in [0, 0.05) is 0 Å². The number of carbonyl (C=O) groups excluding carboxylic acids is 4. The highest BCUT2D eigenvalue weighted by Gasteiger charge is 2.27. The summed E-state index contributed by atoms with van der Waals surface area (Å²) >= 11 is 0. The lowest BCUT2D eigenvalue weighted by Gasteiger charge is -2.14. The SMILES string of the molecule is CCOC(=O)COc1ccc(C=C2C(=O)NC(=O)NC2=O)cc1OC. The van der Waals surface area contributed by atoms with E-state index < -0.39 is 23.8 Å². The van der Waals surface area contributed by atoms with Crippen LogP contribution in [-0.4, -0.2) is 44.1 Å². The van der Waals surface area contributed by atoms with E-state index in [0.29, 0.717) is 17.1 Å². The van der Waals surface area contributed by atoms with Gasteiger partial charge in [0.15, 0.2) is 18.1 Å². The number of benzene rings is 1. The van der Waals surface area contributed by atoms with E-state index in [1.165, 1.54) is 25.3 Å². The van der Waals surface area contributed by atoms with Crippen LogP contribution < -0.4 is 20.1 Å². The van der Waals surface area contributed by atoms with Crippen LogP contribution in [0.3, 0.4) is 0 Å². The standard InChI is InChI=1S/C16H16N2O7/c1-3-24-13(19)8-25-11-5-4-9(7-12(11)23-2)6-10-14(20)17-16(22)18-15(10)21/h4-7H,3,8H2,1-2H3,(H2,17,18,20,21,22). The van der Waals surface area contributed by atoms with Crippen molar-refractivity contribution in [2.45, 2.75) is 6.92 Å². The van der Waals surface area contributed by atoms with E-state index in [-0.39, 0.29) is 18.8 Å². The summed E-state index contributed by atoms with van der Waals surface area (Å²) in [5, 5.41) is 3.96. The molecule has 1 aliphatic rings. The van der Waals surface area contributed by atoms with Gasteiger partial charge in [0.25, 0.3) is 11.8 Å². The quantitative estimate of drug-likeness (QED) is 0.433. The van der Waals surface area contributed by atoms with Crippen molar-refractivity contribution in [2.24, 2.45) is 0 Å². The molecule has 0 unspecified atom stereocenters. The summed E-state index contributed by atoms with van der Waals surface area (Å²) in [6.45, 7) is 1.65. The van der Waals surface area contributed by atoms with Gasteiger partial charge in [0.05, 0.1) is 13.7 Å². The topological polar surface area (TPSA) is 120 Å². The molecule has 25 heavy (non-hydrogen) atoms. The smallest absolute Gasteiger partial charge is 0.344 e. The molecule has 2 N–H and O–H groups in total. The second-order valence-corrected chi connectivity index (χ2v) is 4.80. The molecule has 0 saturated carbocycles. The van der Waals surface area contributed by atoms with Crippen molar-refractivity contribution in [3.05, 3.63) is 29.3 Å². The van der Waals surface area contributed by atoms with E-state index in [1.807, 2.05) is 10.6 Å². The van der Waals surface area contributed by atoms with Crippen LogP contribution in [0.25, 0.3) is 6.08 Å². The molecule has 9 nitrogen and oxygen atoms in total. The van der Waals surface area contributed by atoms with Gasteiger partial charge in [0.1, 0.15) is 5.57 Å². The van der Waals surface area contributed by atoms with Crippen LogP contribution in [0.4, 0.5) is 4.79 Å². The Morgan fingerprint density at radius 2 is 1.80 bits per heavy atom. The molecule has 0 radical (unpaired) electrons. The minimum atomic E-state index is -0.868. The van der Waals surface area contributed by atoms with Gasteiger partial charge in [-0.05, 0) is 30.7 Å². The molecular weight excluding hydrogens is 332 g/mol. The number of barbiturate groups is 1. The van der Waals surface area contributed by atoms with E-state index in [2.05, 4.69) is 0 Å². The predicted molar refractivity (Wildman–Crippen MR) is 84.8 cm³/mol. The zero-order chi connectivity index (χ0) is 18.4. The molecule has 2 rings (SSSR count). The lowest BCUT2D eigenvalue weighted by Crippen LogP contribution is -2.51. The number of nitrogens with one attached hydrogen (secondary N) is 2. The van der Waals surface area contributed by atoms with Crippen LogP contribution in [0.15, 0.2) is 23.8 Å². The molecule has 0 bridgehead atoms. The van der Waals surface area contributed by atoms with Gasteiger partial charge < -0.3 is 14.2 Å². The van der Waals surface area contributed by atoms with Gasteiger partial charge in [-0.15, -0.1) is 0 Å². The predicted octanol–water partition coefficient (Wildman–Crippen LogP) is 0.386. The molecule has 1 aromatic rings. The van der Waals surface area contributed by atoms with Crippen LogP contribution >= 0.6 is 0 Å². The van der Waals surface area contributed by atoms with Gasteiger partial charge in [-0.2, -0.15) is 0 Å². The third-order valence-corrected chi connectivity index (χ3v) is 3.09. The van der Waals surface area contributed by atoms with Crippen molar-refractivity contribution in [1.82, 2.24) is 10.6 Å². The summed E-state index contributed by atoms with van der Waals surface area (Å²) in [4.78, 5) is 45.8. The second kappa shape index (κ2) is 7.95.